The van der Waals surface area contributed by atoms with Gasteiger partial charge in [0, 0.05) is 18.7 Å². The number of aliphatic carboxylic acids is 1. The number of carbonyl (C=O) groups excluding carboxylic acids is 1. The summed E-state index contributed by atoms with van der Waals surface area (Å²) >= 11 is 0. The van der Waals surface area contributed by atoms with E-state index in [1.165, 1.54) is 29.6 Å². The lowest BCUT2D eigenvalue weighted by atomic mass is 10.1. The molecule has 0 saturated carbocycles. The molecule has 2 N–H and O–H groups in total. The number of benzene rings is 1. The molecule has 10 heteroatoms. The van der Waals surface area contributed by atoms with Crippen LogP contribution >= 0.6 is 0 Å². The van der Waals surface area contributed by atoms with Crippen molar-refractivity contribution in [1.29, 1.82) is 0 Å². The fraction of sp³-hybridized carbons (Fsp3) is 0.500. The third-order valence-corrected chi connectivity index (χ3v) is 5.95. The minimum atomic E-state index is -3.88. The van der Waals surface area contributed by atoms with Gasteiger partial charge >= 0.3 is 5.97 Å². The van der Waals surface area contributed by atoms with E-state index in [9.17, 15) is 18.0 Å². The Morgan fingerprint density at radius 2 is 2.00 bits per heavy atom. The highest BCUT2D eigenvalue weighted by atomic mass is 32.2. The molecule has 0 aliphatic carbocycles. The number of nitrogens with zero attached hydrogens (tertiary/aromatic N) is 1. The van der Waals surface area contributed by atoms with Crippen molar-refractivity contribution in [2.24, 2.45) is 0 Å². The summed E-state index contributed by atoms with van der Waals surface area (Å²) in [4.78, 5) is 23.3. The molecular weight excluding hydrogens is 364 g/mol. The van der Waals surface area contributed by atoms with Crippen LogP contribution in [-0.2, 0) is 19.6 Å². The van der Waals surface area contributed by atoms with E-state index in [0.29, 0.717) is 13.2 Å². The molecule has 144 valence electrons. The van der Waals surface area contributed by atoms with Gasteiger partial charge in [0.05, 0.1) is 20.3 Å². The number of sulfonamides is 1. The molecule has 9 nitrogen and oxygen atoms in total. The number of rotatable bonds is 7. The van der Waals surface area contributed by atoms with Crippen LogP contribution < -0.4 is 10.1 Å². The Morgan fingerprint density at radius 1 is 1.35 bits per heavy atom. The minimum absolute atomic E-state index is 0.0392. The first-order chi connectivity index (χ1) is 12.3. The predicted molar refractivity (Wildman–Crippen MR) is 91.8 cm³/mol. The maximum absolute atomic E-state index is 12.9. The van der Waals surface area contributed by atoms with Crippen LogP contribution in [0.25, 0.3) is 0 Å². The van der Waals surface area contributed by atoms with Gasteiger partial charge in [0.15, 0.2) is 0 Å². The van der Waals surface area contributed by atoms with E-state index in [4.69, 9.17) is 14.6 Å². The Morgan fingerprint density at radius 3 is 2.54 bits per heavy atom. The molecule has 0 bridgehead atoms. The van der Waals surface area contributed by atoms with Crippen molar-refractivity contribution in [3.63, 3.8) is 0 Å². The molecule has 1 unspecified atom stereocenters. The smallest absolute Gasteiger partial charge is 0.326 e. The van der Waals surface area contributed by atoms with Crippen molar-refractivity contribution in [3.8, 4) is 5.75 Å². The van der Waals surface area contributed by atoms with Crippen LogP contribution in [0, 0.1) is 0 Å². The van der Waals surface area contributed by atoms with Crippen molar-refractivity contribution < 1.29 is 32.6 Å². The molecule has 0 spiro atoms. The molecule has 1 aliphatic rings. The molecule has 1 amide bonds. The first-order valence-electron chi connectivity index (χ1n) is 8.10. The Balaban J connectivity index is 2.36. The number of methoxy groups -OCH3 is 1. The maximum Gasteiger partial charge on any atom is 0.326 e. The summed E-state index contributed by atoms with van der Waals surface area (Å²) in [6.45, 7) is 2.62. The zero-order valence-corrected chi connectivity index (χ0v) is 15.4. The van der Waals surface area contributed by atoms with Crippen LogP contribution in [0.4, 0.5) is 0 Å². The van der Waals surface area contributed by atoms with E-state index >= 15 is 0 Å². The standard InChI is InChI=1S/C16H22N2O7S/c1-3-12(16(20)21)17-15(19)11-4-5-13(24-2)14(10-11)26(22,23)18-6-8-25-9-7-18/h4-5,10,12H,3,6-9H2,1-2H3,(H,17,19)(H,20,21). The van der Waals surface area contributed by atoms with E-state index in [1.54, 1.807) is 6.92 Å². The van der Waals surface area contributed by atoms with Crippen molar-refractivity contribution >= 4 is 21.9 Å². The van der Waals surface area contributed by atoms with E-state index in [0.717, 1.165) is 0 Å². The first-order valence-corrected chi connectivity index (χ1v) is 9.54. The third-order valence-electron chi connectivity index (χ3n) is 4.03. The lowest BCUT2D eigenvalue weighted by Crippen LogP contribution is -2.41. The predicted octanol–water partition coefficient (Wildman–Crippen LogP) is 0.309. The molecule has 26 heavy (non-hydrogen) atoms. The van der Waals surface area contributed by atoms with Gasteiger partial charge < -0.3 is 19.9 Å². The Labute approximate surface area is 151 Å². The number of morpholine rings is 1. The average molecular weight is 386 g/mol. The summed E-state index contributed by atoms with van der Waals surface area (Å²) in [6, 6.07) is 2.92. The van der Waals surface area contributed by atoms with Crippen molar-refractivity contribution in [3.05, 3.63) is 23.8 Å². The zero-order chi connectivity index (χ0) is 19.3. The molecule has 0 radical (unpaired) electrons. The molecule has 1 atom stereocenters. The number of carboxylic acid groups (broad SMARTS) is 1. The third kappa shape index (κ3) is 4.32. The summed E-state index contributed by atoms with van der Waals surface area (Å²) in [7, 11) is -2.54. The molecular formula is C16H22N2O7S. The number of hydrogen-bond acceptors (Lipinski definition) is 6. The van der Waals surface area contributed by atoms with E-state index in [1.807, 2.05) is 0 Å². The maximum atomic E-state index is 12.9. The highest BCUT2D eigenvalue weighted by molar-refractivity contribution is 7.89. The molecule has 1 fully saturated rings. The number of hydrogen-bond donors (Lipinski definition) is 2. The number of ether oxygens (including phenoxy) is 2. The molecule has 1 aromatic carbocycles. The van der Waals surface area contributed by atoms with Crippen LogP contribution in [0.2, 0.25) is 0 Å². The van der Waals surface area contributed by atoms with Crippen LogP contribution in [0.15, 0.2) is 23.1 Å². The Kier molecular flexibility index (Phi) is 6.57. The van der Waals surface area contributed by atoms with Crippen LogP contribution in [-0.4, -0.2) is 69.2 Å². The summed E-state index contributed by atoms with van der Waals surface area (Å²) < 4.78 is 37.4. The second-order valence-corrected chi connectivity index (χ2v) is 7.56. The van der Waals surface area contributed by atoms with E-state index in [-0.39, 0.29) is 35.7 Å². The second-order valence-electron chi connectivity index (χ2n) is 5.65. The van der Waals surface area contributed by atoms with Crippen LogP contribution in [0.1, 0.15) is 23.7 Å². The molecule has 0 aromatic heterocycles. The van der Waals surface area contributed by atoms with Gasteiger partial charge in [-0.3, -0.25) is 4.79 Å². The Bertz CT molecular complexity index is 773. The summed E-state index contributed by atoms with van der Waals surface area (Å²) in [5.74, 6) is -1.71. The van der Waals surface area contributed by atoms with Gasteiger partial charge in [0.25, 0.3) is 5.91 Å². The fourth-order valence-electron chi connectivity index (χ4n) is 2.53. The van der Waals surface area contributed by atoms with Gasteiger partial charge in [-0.15, -0.1) is 0 Å². The van der Waals surface area contributed by atoms with Gasteiger partial charge in [-0.1, -0.05) is 6.92 Å². The largest absolute Gasteiger partial charge is 0.495 e. The van der Waals surface area contributed by atoms with Crippen molar-refractivity contribution in [2.45, 2.75) is 24.3 Å². The minimum Gasteiger partial charge on any atom is -0.495 e. The average Bonchev–Trinajstić information content (AvgIpc) is 2.65. The lowest BCUT2D eigenvalue weighted by molar-refractivity contribution is -0.139. The monoisotopic (exact) mass is 386 g/mol. The first kappa shape index (κ1) is 20.1. The SMILES string of the molecule is CCC(NC(=O)c1ccc(OC)c(S(=O)(=O)N2CCOCC2)c1)C(=O)O. The molecule has 1 heterocycles. The quantitative estimate of drug-likeness (QED) is 0.691. The van der Waals surface area contributed by atoms with Gasteiger partial charge in [-0.05, 0) is 24.6 Å². The normalized spacial score (nSPS) is 16.7. The summed E-state index contributed by atoms with van der Waals surface area (Å²) in [6.07, 6.45) is 0.205. The highest BCUT2D eigenvalue weighted by Crippen LogP contribution is 2.28. The van der Waals surface area contributed by atoms with Crippen molar-refractivity contribution in [1.82, 2.24) is 9.62 Å². The highest BCUT2D eigenvalue weighted by Gasteiger charge is 2.30. The Hall–Kier alpha value is -2.17. The number of carboxylic acids is 1. The van der Waals surface area contributed by atoms with E-state index < -0.39 is 27.9 Å². The molecule has 2 rings (SSSR count). The fourth-order valence-corrected chi connectivity index (χ4v) is 4.12. The van der Waals surface area contributed by atoms with Gasteiger partial charge in [-0.25, -0.2) is 13.2 Å². The summed E-state index contributed by atoms with van der Waals surface area (Å²) in [5, 5.41) is 11.4. The van der Waals surface area contributed by atoms with Gasteiger partial charge in [0.1, 0.15) is 16.7 Å². The molecule has 1 aliphatic heterocycles. The van der Waals surface area contributed by atoms with Crippen molar-refractivity contribution in [2.75, 3.05) is 33.4 Å². The van der Waals surface area contributed by atoms with Crippen LogP contribution in [0.3, 0.4) is 0 Å². The number of nitrogens with one attached hydrogen (secondary N) is 1. The topological polar surface area (TPSA) is 122 Å². The molecule has 1 aromatic rings. The lowest BCUT2D eigenvalue weighted by Gasteiger charge is -2.26. The zero-order valence-electron chi connectivity index (χ0n) is 14.6. The van der Waals surface area contributed by atoms with Gasteiger partial charge in [-0.2, -0.15) is 4.31 Å². The molecule has 1 saturated heterocycles. The number of amides is 1. The summed E-state index contributed by atoms with van der Waals surface area (Å²) in [5.41, 5.74) is 0.0392. The van der Waals surface area contributed by atoms with E-state index in [2.05, 4.69) is 5.32 Å². The van der Waals surface area contributed by atoms with Gasteiger partial charge in [0.2, 0.25) is 10.0 Å². The number of carbonyl (C=O) groups is 2. The van der Waals surface area contributed by atoms with Crippen LogP contribution in [0.5, 0.6) is 5.75 Å². The second kappa shape index (κ2) is 8.47.